The van der Waals surface area contributed by atoms with Crippen LogP contribution in [-0.2, 0) is 11.3 Å². The summed E-state index contributed by atoms with van der Waals surface area (Å²) < 4.78 is 18.9. The molecule has 28 heavy (non-hydrogen) atoms. The highest BCUT2D eigenvalue weighted by molar-refractivity contribution is 5.95. The summed E-state index contributed by atoms with van der Waals surface area (Å²) in [6, 6.07) is 12.6. The average Bonchev–Trinajstić information content (AvgIpc) is 3.20. The smallest absolute Gasteiger partial charge is 0.315 e. The molecule has 3 amide bonds. The first kappa shape index (κ1) is 19.7. The third-order valence-corrected chi connectivity index (χ3v) is 4.53. The maximum Gasteiger partial charge on any atom is 0.315 e. The molecule has 0 aromatic heterocycles. The fourth-order valence-corrected chi connectivity index (χ4v) is 3.06. The van der Waals surface area contributed by atoms with Crippen molar-refractivity contribution in [1.82, 2.24) is 10.6 Å². The van der Waals surface area contributed by atoms with Crippen LogP contribution < -0.4 is 20.7 Å². The van der Waals surface area contributed by atoms with Crippen molar-refractivity contribution >= 4 is 17.6 Å². The van der Waals surface area contributed by atoms with Gasteiger partial charge in [0.25, 0.3) is 0 Å². The minimum absolute atomic E-state index is 0.174. The van der Waals surface area contributed by atoms with E-state index in [4.69, 9.17) is 4.74 Å². The third-order valence-electron chi connectivity index (χ3n) is 4.53. The molecule has 0 spiro atoms. The summed E-state index contributed by atoms with van der Waals surface area (Å²) in [6.45, 7) is 0.0683. The number of hydrogen-bond donors (Lipinski definition) is 3. The Morgan fingerprint density at radius 3 is 2.46 bits per heavy atom. The lowest BCUT2D eigenvalue weighted by molar-refractivity contribution is -0.115. The number of amides is 3. The van der Waals surface area contributed by atoms with Crippen molar-refractivity contribution in [3.05, 3.63) is 59.9 Å². The molecule has 0 heterocycles. The number of rotatable bonds is 7. The molecule has 1 fully saturated rings. The van der Waals surface area contributed by atoms with Crippen LogP contribution >= 0.6 is 0 Å². The third kappa shape index (κ3) is 5.97. The molecule has 1 saturated carbocycles. The van der Waals surface area contributed by atoms with E-state index in [0.717, 1.165) is 31.2 Å². The Morgan fingerprint density at radius 1 is 1.00 bits per heavy atom. The van der Waals surface area contributed by atoms with Gasteiger partial charge in [0, 0.05) is 6.54 Å². The Hall–Kier alpha value is -3.09. The minimum atomic E-state index is -0.477. The summed E-state index contributed by atoms with van der Waals surface area (Å²) in [5, 5.41) is 7.89. The number of nitrogens with one attached hydrogen (secondary N) is 3. The summed E-state index contributed by atoms with van der Waals surface area (Å²) in [4.78, 5) is 24.0. The van der Waals surface area contributed by atoms with Crippen LogP contribution in [0, 0.1) is 5.82 Å². The second-order valence-corrected chi connectivity index (χ2v) is 6.73. The first-order chi connectivity index (χ1) is 13.6. The Balaban J connectivity index is 1.43. The molecule has 6 nitrogen and oxygen atoms in total. The van der Waals surface area contributed by atoms with E-state index in [-0.39, 0.29) is 30.9 Å². The molecule has 7 heteroatoms. The number of urea groups is 1. The number of anilines is 1. The standard InChI is InChI=1S/C21H24FN3O3/c22-16-11-9-15(10-12-16)13-23-21(27)24-14-20(26)25-18-7-3-4-8-19(18)28-17-5-1-2-6-17/h3-4,7-12,17H,1-2,5-6,13-14H2,(H,25,26)(H2,23,24,27). The predicted molar refractivity (Wildman–Crippen MR) is 105 cm³/mol. The summed E-state index contributed by atoms with van der Waals surface area (Å²) >= 11 is 0. The molecule has 0 saturated heterocycles. The van der Waals surface area contributed by atoms with Gasteiger partial charge in [-0.05, 0) is 55.5 Å². The number of benzene rings is 2. The molecule has 0 bridgehead atoms. The quantitative estimate of drug-likeness (QED) is 0.682. The van der Waals surface area contributed by atoms with Gasteiger partial charge in [-0.1, -0.05) is 24.3 Å². The molecular weight excluding hydrogens is 361 g/mol. The number of carbonyl (C=O) groups is 2. The Labute approximate surface area is 163 Å². The number of carbonyl (C=O) groups excluding carboxylic acids is 2. The molecule has 1 aliphatic rings. The van der Waals surface area contributed by atoms with Crippen LogP contribution in [0.15, 0.2) is 48.5 Å². The van der Waals surface area contributed by atoms with Crippen LogP contribution in [0.4, 0.5) is 14.9 Å². The number of ether oxygens (including phenoxy) is 1. The number of para-hydroxylation sites is 2. The topological polar surface area (TPSA) is 79.5 Å². The predicted octanol–water partition coefficient (Wildman–Crippen LogP) is 3.59. The molecule has 148 valence electrons. The SMILES string of the molecule is O=C(CNC(=O)NCc1ccc(F)cc1)Nc1ccccc1OC1CCCC1. The van der Waals surface area contributed by atoms with Gasteiger partial charge < -0.3 is 20.7 Å². The normalized spacial score (nSPS) is 13.8. The van der Waals surface area contributed by atoms with Crippen LogP contribution in [0.5, 0.6) is 5.75 Å². The van der Waals surface area contributed by atoms with Crippen LogP contribution in [0.2, 0.25) is 0 Å². The van der Waals surface area contributed by atoms with Gasteiger partial charge in [0.05, 0.1) is 18.3 Å². The van der Waals surface area contributed by atoms with Gasteiger partial charge in [0.1, 0.15) is 11.6 Å². The van der Waals surface area contributed by atoms with Crippen molar-refractivity contribution in [2.45, 2.75) is 38.3 Å². The van der Waals surface area contributed by atoms with E-state index in [0.29, 0.717) is 11.4 Å². The van der Waals surface area contributed by atoms with Crippen molar-refractivity contribution < 1.29 is 18.7 Å². The lowest BCUT2D eigenvalue weighted by atomic mass is 10.2. The van der Waals surface area contributed by atoms with Gasteiger partial charge in [-0.3, -0.25) is 4.79 Å². The number of hydrogen-bond acceptors (Lipinski definition) is 3. The molecule has 1 aliphatic carbocycles. The van der Waals surface area contributed by atoms with Gasteiger partial charge >= 0.3 is 6.03 Å². The highest BCUT2D eigenvalue weighted by Gasteiger charge is 2.18. The van der Waals surface area contributed by atoms with E-state index >= 15 is 0 Å². The van der Waals surface area contributed by atoms with Gasteiger partial charge in [0.15, 0.2) is 0 Å². The van der Waals surface area contributed by atoms with Gasteiger partial charge in [-0.2, -0.15) is 0 Å². The maximum absolute atomic E-state index is 12.9. The van der Waals surface area contributed by atoms with Crippen molar-refractivity contribution in [3.8, 4) is 5.75 Å². The lowest BCUT2D eigenvalue weighted by Gasteiger charge is -2.17. The second kappa shape index (κ2) is 9.73. The van der Waals surface area contributed by atoms with Crippen molar-refractivity contribution in [2.75, 3.05) is 11.9 Å². The fourth-order valence-electron chi connectivity index (χ4n) is 3.06. The molecule has 0 unspecified atom stereocenters. The first-order valence-electron chi connectivity index (χ1n) is 9.42. The molecule has 2 aromatic rings. The average molecular weight is 385 g/mol. The molecule has 2 aromatic carbocycles. The van der Waals surface area contributed by atoms with E-state index < -0.39 is 6.03 Å². The van der Waals surface area contributed by atoms with Gasteiger partial charge in [0.2, 0.25) is 5.91 Å². The highest BCUT2D eigenvalue weighted by atomic mass is 19.1. The largest absolute Gasteiger partial charge is 0.488 e. The zero-order valence-electron chi connectivity index (χ0n) is 15.5. The zero-order valence-corrected chi connectivity index (χ0v) is 15.5. The van der Waals surface area contributed by atoms with Crippen molar-refractivity contribution in [1.29, 1.82) is 0 Å². The molecule has 0 radical (unpaired) electrons. The van der Waals surface area contributed by atoms with Crippen LogP contribution in [0.3, 0.4) is 0 Å². The summed E-state index contributed by atoms with van der Waals surface area (Å²) in [5.74, 6) is -0.0371. The molecule has 0 atom stereocenters. The maximum atomic E-state index is 12.9. The van der Waals surface area contributed by atoms with E-state index in [1.165, 1.54) is 12.1 Å². The van der Waals surface area contributed by atoms with E-state index in [1.807, 2.05) is 18.2 Å². The van der Waals surface area contributed by atoms with Crippen LogP contribution in [-0.4, -0.2) is 24.6 Å². The first-order valence-corrected chi connectivity index (χ1v) is 9.42. The minimum Gasteiger partial charge on any atom is -0.488 e. The monoisotopic (exact) mass is 385 g/mol. The van der Waals surface area contributed by atoms with E-state index in [1.54, 1.807) is 18.2 Å². The van der Waals surface area contributed by atoms with Crippen LogP contribution in [0.1, 0.15) is 31.2 Å². The van der Waals surface area contributed by atoms with Crippen molar-refractivity contribution in [2.24, 2.45) is 0 Å². The number of halogens is 1. The van der Waals surface area contributed by atoms with Gasteiger partial charge in [-0.15, -0.1) is 0 Å². The van der Waals surface area contributed by atoms with E-state index in [9.17, 15) is 14.0 Å². The lowest BCUT2D eigenvalue weighted by Crippen LogP contribution is -2.39. The van der Waals surface area contributed by atoms with Crippen molar-refractivity contribution in [3.63, 3.8) is 0 Å². The van der Waals surface area contributed by atoms with Crippen LogP contribution in [0.25, 0.3) is 0 Å². The Bertz CT molecular complexity index is 805. The fraction of sp³-hybridized carbons (Fsp3) is 0.333. The second-order valence-electron chi connectivity index (χ2n) is 6.73. The Morgan fingerprint density at radius 2 is 1.71 bits per heavy atom. The highest BCUT2D eigenvalue weighted by Crippen LogP contribution is 2.29. The zero-order chi connectivity index (χ0) is 19.8. The molecular formula is C21H24FN3O3. The summed E-state index contributed by atoms with van der Waals surface area (Å²) in [6.07, 6.45) is 4.57. The molecule has 0 aliphatic heterocycles. The Kier molecular flexibility index (Phi) is 6.84. The summed E-state index contributed by atoms with van der Waals surface area (Å²) in [7, 11) is 0. The van der Waals surface area contributed by atoms with Gasteiger partial charge in [-0.25, -0.2) is 9.18 Å². The molecule has 3 rings (SSSR count). The van der Waals surface area contributed by atoms with E-state index in [2.05, 4.69) is 16.0 Å². The summed E-state index contributed by atoms with van der Waals surface area (Å²) in [5.41, 5.74) is 1.35. The molecule has 3 N–H and O–H groups in total.